The normalized spacial score (nSPS) is 11.9. The van der Waals surface area contributed by atoms with E-state index in [4.69, 9.17) is 8.83 Å². The maximum absolute atomic E-state index is 12.6. The van der Waals surface area contributed by atoms with Gasteiger partial charge in [0.25, 0.3) is 0 Å². The van der Waals surface area contributed by atoms with Crippen molar-refractivity contribution in [2.45, 2.75) is 0 Å². The molecule has 30 heavy (non-hydrogen) atoms. The zero-order valence-corrected chi connectivity index (χ0v) is 15.2. The van der Waals surface area contributed by atoms with Crippen molar-refractivity contribution in [1.29, 1.82) is 0 Å². The summed E-state index contributed by atoms with van der Waals surface area (Å²) in [5, 5.41) is 3.68. The van der Waals surface area contributed by atoms with Gasteiger partial charge in [-0.25, -0.2) is 19.2 Å². The Labute approximate surface area is 165 Å². The molecule has 0 aliphatic carbocycles. The molecule has 0 saturated heterocycles. The Morgan fingerprint density at radius 2 is 0.633 bits per heavy atom. The van der Waals surface area contributed by atoms with E-state index in [9.17, 15) is 19.2 Å². The fourth-order valence-electron chi connectivity index (χ4n) is 4.49. The summed E-state index contributed by atoms with van der Waals surface area (Å²) >= 11 is 0. The first-order chi connectivity index (χ1) is 14.6. The van der Waals surface area contributed by atoms with E-state index in [1.165, 1.54) is 0 Å². The van der Waals surface area contributed by atoms with E-state index >= 15 is 0 Å². The highest BCUT2D eigenvalue weighted by molar-refractivity contribution is 6.38. The first kappa shape index (κ1) is 16.6. The van der Waals surface area contributed by atoms with Crippen LogP contribution in [0.15, 0.2) is 88.7 Å². The molecule has 0 unspecified atom stereocenters. The smallest absolute Gasteiger partial charge is 0.347 e. The molecular formula is C24H10O6. The fourth-order valence-corrected chi connectivity index (χ4v) is 4.49. The summed E-state index contributed by atoms with van der Waals surface area (Å²) in [6.45, 7) is 0. The molecule has 0 fully saturated rings. The quantitative estimate of drug-likeness (QED) is 0.391. The van der Waals surface area contributed by atoms with Crippen LogP contribution in [-0.2, 0) is 0 Å². The number of hydrogen-bond donors (Lipinski definition) is 0. The Hall–Kier alpha value is -4.32. The number of fused-ring (bicyclic) bond motifs is 6. The first-order valence-corrected chi connectivity index (χ1v) is 9.20. The van der Waals surface area contributed by atoms with Crippen molar-refractivity contribution < 1.29 is 8.83 Å². The maximum Gasteiger partial charge on any atom is 0.347 e. The van der Waals surface area contributed by atoms with Gasteiger partial charge in [0.2, 0.25) is 0 Å². The van der Waals surface area contributed by atoms with Crippen molar-refractivity contribution in [3.8, 4) is 0 Å². The molecule has 0 amide bonds. The van der Waals surface area contributed by atoms with Crippen LogP contribution in [0, 0.1) is 0 Å². The van der Waals surface area contributed by atoms with E-state index in [0.29, 0.717) is 32.3 Å². The number of hydrogen-bond acceptors (Lipinski definition) is 6. The summed E-state index contributed by atoms with van der Waals surface area (Å²) in [6, 6.07) is 17.3. The fraction of sp³-hybridized carbons (Fsp3) is 0. The van der Waals surface area contributed by atoms with E-state index in [0.717, 1.165) is 0 Å². The minimum absolute atomic E-state index is 0.154. The largest absolute Gasteiger partial charge is 0.386 e. The third kappa shape index (κ3) is 1.92. The second kappa shape index (κ2) is 5.61. The molecule has 0 aliphatic heterocycles. The van der Waals surface area contributed by atoms with Gasteiger partial charge < -0.3 is 8.83 Å². The van der Waals surface area contributed by atoms with E-state index in [1.54, 1.807) is 60.7 Å². The van der Waals surface area contributed by atoms with Gasteiger partial charge in [0.1, 0.15) is 0 Å². The highest BCUT2D eigenvalue weighted by Crippen LogP contribution is 2.40. The zero-order valence-electron chi connectivity index (χ0n) is 15.2. The van der Waals surface area contributed by atoms with Gasteiger partial charge in [-0.1, -0.05) is 60.7 Å². The third-order valence-electron chi connectivity index (χ3n) is 5.59. The number of benzene rings is 2. The summed E-state index contributed by atoms with van der Waals surface area (Å²) in [6.07, 6.45) is 0. The van der Waals surface area contributed by atoms with Crippen LogP contribution >= 0.6 is 0 Å². The molecule has 0 spiro atoms. The topological polar surface area (TPSA) is 94.6 Å². The predicted molar refractivity (Wildman–Crippen MR) is 115 cm³/mol. The van der Waals surface area contributed by atoms with E-state index in [2.05, 4.69) is 0 Å². The van der Waals surface area contributed by atoms with Crippen LogP contribution < -0.4 is 22.5 Å². The second-order valence-electron chi connectivity index (χ2n) is 7.08. The Balaban J connectivity index is 2.27. The van der Waals surface area contributed by atoms with Crippen molar-refractivity contribution in [1.82, 2.24) is 0 Å². The highest BCUT2D eigenvalue weighted by Gasteiger charge is 2.23. The third-order valence-corrected chi connectivity index (χ3v) is 5.59. The molecule has 4 aromatic carbocycles. The Morgan fingerprint density at radius 3 is 0.900 bits per heavy atom. The van der Waals surface area contributed by atoms with Crippen LogP contribution in [0.3, 0.4) is 0 Å². The van der Waals surface area contributed by atoms with Crippen LogP contribution in [0.5, 0.6) is 0 Å². The number of rotatable bonds is 0. The van der Waals surface area contributed by atoms with Crippen molar-refractivity contribution in [3.05, 3.63) is 102 Å². The van der Waals surface area contributed by atoms with Gasteiger partial charge in [-0.05, 0) is 32.3 Å². The molecule has 2 heterocycles. The lowest BCUT2D eigenvalue weighted by Crippen LogP contribution is -1.96. The van der Waals surface area contributed by atoms with Gasteiger partial charge in [-0.3, -0.25) is 0 Å². The molecule has 6 nitrogen and oxygen atoms in total. The summed E-state index contributed by atoms with van der Waals surface area (Å²) in [7, 11) is 0. The summed E-state index contributed by atoms with van der Waals surface area (Å²) in [5.41, 5.74) is -2.95. The minimum Gasteiger partial charge on any atom is -0.386 e. The molecule has 6 rings (SSSR count). The standard InChI is InChI=1S/C24H10O6/c25-21-17-11-7-3-1-4-8-12-15(11)16-13(19(17)23(27)29-21)9-5-2-6-10-14(16)20-18(12)22(26)30-24(20)28/h1-10H. The van der Waals surface area contributed by atoms with Crippen molar-refractivity contribution in [3.63, 3.8) is 0 Å². The highest BCUT2D eigenvalue weighted by atomic mass is 16.4. The molecule has 142 valence electrons. The van der Waals surface area contributed by atoms with Gasteiger partial charge in [-0.15, -0.1) is 0 Å². The van der Waals surface area contributed by atoms with Crippen LogP contribution in [0.25, 0.3) is 53.9 Å². The molecule has 0 bridgehead atoms. The van der Waals surface area contributed by atoms with Crippen molar-refractivity contribution >= 4 is 53.9 Å². The molecule has 0 N–H and O–H groups in total. The second-order valence-corrected chi connectivity index (χ2v) is 7.08. The Bertz CT molecular complexity index is 1660. The van der Waals surface area contributed by atoms with Crippen LogP contribution in [0.1, 0.15) is 0 Å². The predicted octanol–water partition coefficient (Wildman–Crippen LogP) is 3.52. The lowest BCUT2D eigenvalue weighted by Gasteiger charge is -2.10. The molecule has 2 aromatic heterocycles. The molecular weight excluding hydrogens is 384 g/mol. The summed E-state index contributed by atoms with van der Waals surface area (Å²) < 4.78 is 9.88. The van der Waals surface area contributed by atoms with E-state index < -0.39 is 22.5 Å². The average Bonchev–Trinajstić information content (AvgIpc) is 3.13. The first-order valence-electron chi connectivity index (χ1n) is 9.20. The van der Waals surface area contributed by atoms with Gasteiger partial charge in [0.05, 0.1) is 21.5 Å². The summed E-state index contributed by atoms with van der Waals surface area (Å²) in [4.78, 5) is 50.4. The van der Waals surface area contributed by atoms with Crippen LogP contribution in [0.4, 0.5) is 0 Å². The van der Waals surface area contributed by atoms with Crippen LogP contribution in [-0.4, -0.2) is 0 Å². The van der Waals surface area contributed by atoms with E-state index in [1.807, 2.05) is 0 Å². The average molecular weight is 394 g/mol. The van der Waals surface area contributed by atoms with Gasteiger partial charge in [0.15, 0.2) is 0 Å². The lowest BCUT2D eigenvalue weighted by molar-refractivity contribution is 0.500. The zero-order chi connectivity index (χ0) is 20.6. The van der Waals surface area contributed by atoms with E-state index in [-0.39, 0.29) is 21.5 Å². The number of furan rings is 2. The molecule has 0 atom stereocenters. The summed E-state index contributed by atoms with van der Waals surface area (Å²) in [5.74, 6) is 0. The maximum atomic E-state index is 12.6. The van der Waals surface area contributed by atoms with Crippen LogP contribution in [0.2, 0.25) is 0 Å². The lowest BCUT2D eigenvalue weighted by atomic mass is 9.90. The Kier molecular flexibility index (Phi) is 3.11. The molecule has 6 heteroatoms. The Morgan fingerprint density at radius 1 is 0.367 bits per heavy atom. The van der Waals surface area contributed by atoms with Crippen molar-refractivity contribution in [2.75, 3.05) is 0 Å². The molecule has 0 radical (unpaired) electrons. The monoisotopic (exact) mass is 394 g/mol. The van der Waals surface area contributed by atoms with Crippen molar-refractivity contribution in [2.24, 2.45) is 0 Å². The minimum atomic E-state index is -0.737. The molecule has 0 aliphatic rings. The molecule has 0 saturated carbocycles. The van der Waals surface area contributed by atoms with Gasteiger partial charge >= 0.3 is 22.5 Å². The molecule has 6 aromatic rings. The van der Waals surface area contributed by atoms with Gasteiger partial charge in [-0.2, -0.15) is 0 Å². The van der Waals surface area contributed by atoms with Gasteiger partial charge in [0, 0.05) is 0 Å². The SMILES string of the molecule is O=c1oc(=O)c2c3cccccc4c5c(=O)oc(=O)c5c5cccccc(c12)c5c34.